The number of halogens is 4. The van der Waals surface area contributed by atoms with Crippen molar-refractivity contribution in [1.82, 2.24) is 10.2 Å². The lowest BCUT2D eigenvalue weighted by atomic mass is 10.1. The van der Waals surface area contributed by atoms with Crippen LogP contribution < -0.4 is 5.32 Å². The Kier molecular flexibility index (Phi) is 4.41. The molecule has 0 unspecified atom stereocenters. The van der Waals surface area contributed by atoms with E-state index in [1.807, 2.05) is 6.07 Å². The quantitative estimate of drug-likeness (QED) is 0.858. The summed E-state index contributed by atoms with van der Waals surface area (Å²) in [7, 11) is 0. The van der Waals surface area contributed by atoms with Crippen molar-refractivity contribution in [3.8, 4) is 0 Å². The van der Waals surface area contributed by atoms with E-state index in [4.69, 9.17) is 0 Å². The summed E-state index contributed by atoms with van der Waals surface area (Å²) in [5.41, 5.74) is 2.18. The molecule has 0 aromatic heterocycles. The molecule has 6 heteroatoms. The topological polar surface area (TPSA) is 15.3 Å². The predicted octanol–water partition coefficient (Wildman–Crippen LogP) is 3.29. The third-order valence-corrected chi connectivity index (χ3v) is 4.61. The molecule has 0 amide bonds. The number of alkyl halides is 3. The summed E-state index contributed by atoms with van der Waals surface area (Å²) >= 11 is 0. The van der Waals surface area contributed by atoms with Crippen LogP contribution in [-0.4, -0.2) is 37.3 Å². The van der Waals surface area contributed by atoms with Gasteiger partial charge in [-0.1, -0.05) is 6.07 Å². The van der Waals surface area contributed by atoms with Gasteiger partial charge in [-0.05, 0) is 61.5 Å². The van der Waals surface area contributed by atoms with Crippen molar-refractivity contribution >= 4 is 0 Å². The van der Waals surface area contributed by atoms with Gasteiger partial charge in [-0.25, -0.2) is 4.39 Å². The van der Waals surface area contributed by atoms with Crippen molar-refractivity contribution in [3.05, 3.63) is 35.1 Å². The Balaban J connectivity index is 1.50. The molecular weight excluding hydrogens is 296 g/mol. The van der Waals surface area contributed by atoms with Gasteiger partial charge in [0.1, 0.15) is 5.82 Å². The van der Waals surface area contributed by atoms with Gasteiger partial charge in [0.05, 0.1) is 6.54 Å². The van der Waals surface area contributed by atoms with Gasteiger partial charge in [0, 0.05) is 12.6 Å². The zero-order chi connectivity index (χ0) is 15.7. The maximum Gasteiger partial charge on any atom is 0.401 e. The highest BCUT2D eigenvalue weighted by Gasteiger charge is 2.34. The molecule has 0 saturated carbocycles. The summed E-state index contributed by atoms with van der Waals surface area (Å²) in [6.07, 6.45) is -1.48. The number of nitrogens with one attached hydrogen (secondary N) is 1. The van der Waals surface area contributed by atoms with Crippen LogP contribution in [0.15, 0.2) is 18.2 Å². The number of benzene rings is 1. The van der Waals surface area contributed by atoms with E-state index in [0.717, 1.165) is 24.8 Å². The predicted molar refractivity (Wildman–Crippen MR) is 76.1 cm³/mol. The Bertz CT molecular complexity index is 529. The van der Waals surface area contributed by atoms with Gasteiger partial charge in [-0.15, -0.1) is 0 Å². The molecule has 1 aromatic carbocycles. The van der Waals surface area contributed by atoms with Gasteiger partial charge < -0.3 is 5.32 Å². The standard InChI is InChI=1S/C16H20F4N2/c17-13-3-1-12-2-4-15(14(12)7-13)21-8-11-5-6-22(9-11)10-16(18,19)20/h1,3,7,11,15,21H,2,4-6,8-10H2/t11-,15+/m1/s1. The van der Waals surface area contributed by atoms with E-state index in [9.17, 15) is 17.6 Å². The van der Waals surface area contributed by atoms with Gasteiger partial charge >= 0.3 is 6.18 Å². The fourth-order valence-electron chi connectivity index (χ4n) is 3.57. The van der Waals surface area contributed by atoms with Crippen molar-refractivity contribution in [2.24, 2.45) is 5.92 Å². The number of hydrogen-bond acceptors (Lipinski definition) is 2. The lowest BCUT2D eigenvalue weighted by Crippen LogP contribution is -2.34. The van der Waals surface area contributed by atoms with E-state index in [0.29, 0.717) is 19.6 Å². The van der Waals surface area contributed by atoms with Crippen molar-refractivity contribution in [3.63, 3.8) is 0 Å². The van der Waals surface area contributed by atoms with E-state index in [1.54, 1.807) is 6.07 Å². The lowest BCUT2D eigenvalue weighted by molar-refractivity contribution is -0.143. The molecule has 122 valence electrons. The second kappa shape index (κ2) is 6.16. The summed E-state index contributed by atoms with van der Waals surface area (Å²) < 4.78 is 50.5. The summed E-state index contributed by atoms with van der Waals surface area (Å²) in [6, 6.07) is 5.01. The first-order chi connectivity index (χ1) is 10.4. The molecule has 2 nitrogen and oxygen atoms in total. The fraction of sp³-hybridized carbons (Fsp3) is 0.625. The third kappa shape index (κ3) is 3.79. The van der Waals surface area contributed by atoms with Crippen molar-refractivity contribution in [2.75, 3.05) is 26.2 Å². The highest BCUT2D eigenvalue weighted by atomic mass is 19.4. The van der Waals surface area contributed by atoms with Crippen LogP contribution in [0.5, 0.6) is 0 Å². The molecule has 1 aliphatic heterocycles. The van der Waals surface area contributed by atoms with Gasteiger partial charge in [0.25, 0.3) is 0 Å². The molecule has 1 heterocycles. The number of likely N-dealkylation sites (tertiary alicyclic amines) is 1. The Morgan fingerprint density at radius 3 is 2.82 bits per heavy atom. The van der Waals surface area contributed by atoms with Gasteiger partial charge in [-0.3, -0.25) is 4.90 Å². The van der Waals surface area contributed by atoms with Crippen LogP contribution in [0, 0.1) is 11.7 Å². The Labute approximate surface area is 127 Å². The molecule has 22 heavy (non-hydrogen) atoms. The van der Waals surface area contributed by atoms with Gasteiger partial charge in [0.2, 0.25) is 0 Å². The number of hydrogen-bond donors (Lipinski definition) is 1. The van der Waals surface area contributed by atoms with Crippen LogP contribution >= 0.6 is 0 Å². The maximum absolute atomic E-state index is 13.3. The first kappa shape index (κ1) is 15.7. The van der Waals surface area contributed by atoms with Crippen LogP contribution in [-0.2, 0) is 6.42 Å². The number of nitrogens with zero attached hydrogens (tertiary/aromatic N) is 1. The average molecular weight is 316 g/mol. The summed E-state index contributed by atoms with van der Waals surface area (Å²) in [5.74, 6) is 0.00429. The van der Waals surface area contributed by atoms with Crippen LogP contribution in [0.1, 0.15) is 30.0 Å². The minimum Gasteiger partial charge on any atom is -0.310 e. The molecule has 1 fully saturated rings. The Morgan fingerprint density at radius 1 is 1.23 bits per heavy atom. The van der Waals surface area contributed by atoms with Crippen LogP contribution in [0.4, 0.5) is 17.6 Å². The van der Waals surface area contributed by atoms with Crippen molar-refractivity contribution < 1.29 is 17.6 Å². The molecule has 1 aliphatic carbocycles. The zero-order valence-corrected chi connectivity index (χ0v) is 12.3. The second-order valence-corrected chi connectivity index (χ2v) is 6.35. The minimum atomic E-state index is -4.12. The molecule has 1 saturated heterocycles. The number of rotatable bonds is 4. The third-order valence-electron chi connectivity index (χ3n) is 4.61. The summed E-state index contributed by atoms with van der Waals surface area (Å²) in [6.45, 7) is 0.854. The zero-order valence-electron chi connectivity index (χ0n) is 12.3. The van der Waals surface area contributed by atoms with Crippen LogP contribution in [0.3, 0.4) is 0 Å². The normalized spacial score (nSPS) is 25.6. The molecule has 0 spiro atoms. The maximum atomic E-state index is 13.3. The SMILES string of the molecule is Fc1ccc2c(c1)[C@@H](NC[C@H]1CCN(CC(F)(F)F)C1)CC2. The molecule has 0 radical (unpaired) electrons. The second-order valence-electron chi connectivity index (χ2n) is 6.35. The van der Waals surface area contributed by atoms with Gasteiger partial charge in [0.15, 0.2) is 0 Å². The smallest absolute Gasteiger partial charge is 0.310 e. The molecule has 1 N–H and O–H groups in total. The van der Waals surface area contributed by atoms with E-state index in [2.05, 4.69) is 5.32 Å². The van der Waals surface area contributed by atoms with Crippen molar-refractivity contribution in [2.45, 2.75) is 31.5 Å². The lowest BCUT2D eigenvalue weighted by Gasteiger charge is -2.19. The summed E-state index contributed by atoms with van der Waals surface area (Å²) in [4.78, 5) is 1.47. The largest absolute Gasteiger partial charge is 0.401 e. The van der Waals surface area contributed by atoms with Crippen molar-refractivity contribution in [1.29, 1.82) is 0 Å². The average Bonchev–Trinajstić information content (AvgIpc) is 3.01. The summed E-state index contributed by atoms with van der Waals surface area (Å²) in [5, 5.41) is 3.42. The monoisotopic (exact) mass is 316 g/mol. The highest BCUT2D eigenvalue weighted by molar-refractivity contribution is 5.34. The van der Waals surface area contributed by atoms with Crippen LogP contribution in [0.2, 0.25) is 0 Å². The van der Waals surface area contributed by atoms with E-state index in [-0.39, 0.29) is 17.8 Å². The molecular formula is C16H20F4N2. The first-order valence-corrected chi connectivity index (χ1v) is 7.71. The minimum absolute atomic E-state index is 0.127. The van der Waals surface area contributed by atoms with Crippen LogP contribution in [0.25, 0.3) is 0 Å². The van der Waals surface area contributed by atoms with E-state index in [1.165, 1.54) is 16.5 Å². The van der Waals surface area contributed by atoms with Gasteiger partial charge in [-0.2, -0.15) is 13.2 Å². The Morgan fingerprint density at radius 2 is 2.05 bits per heavy atom. The Hall–Kier alpha value is -1.14. The molecule has 0 bridgehead atoms. The highest BCUT2D eigenvalue weighted by Crippen LogP contribution is 2.32. The van der Waals surface area contributed by atoms with E-state index >= 15 is 0 Å². The number of aryl methyl sites for hydroxylation is 1. The molecule has 1 aromatic rings. The fourth-order valence-corrected chi connectivity index (χ4v) is 3.57. The molecule has 2 atom stereocenters. The first-order valence-electron chi connectivity index (χ1n) is 7.71. The number of fused-ring (bicyclic) bond motifs is 1. The molecule has 3 rings (SSSR count). The van der Waals surface area contributed by atoms with E-state index < -0.39 is 12.7 Å². The molecule has 2 aliphatic rings.